The Morgan fingerprint density at radius 3 is 2.69 bits per heavy atom. The SMILES string of the molecule is COCC1=C(C(=O)OC)C(c2ccc(F)c(F)c2)N(C(=O)NCCNC2CCNC(C3(C#N)C=CC=CC3)C2)C(=O)N1. The molecule has 4 amide bonds. The Morgan fingerprint density at radius 1 is 1.21 bits per heavy atom. The molecule has 1 saturated heterocycles. The van der Waals surface area contributed by atoms with Crippen molar-refractivity contribution in [3.05, 3.63) is 71.0 Å². The molecular weight excluding hydrogens is 550 g/mol. The number of methoxy groups -OCH3 is 2. The Balaban J connectivity index is 1.46. The van der Waals surface area contributed by atoms with E-state index in [0.29, 0.717) is 19.4 Å². The van der Waals surface area contributed by atoms with Crippen molar-refractivity contribution >= 4 is 18.0 Å². The second-order valence-corrected chi connectivity index (χ2v) is 10.3. The molecule has 0 spiro atoms. The highest BCUT2D eigenvalue weighted by molar-refractivity contribution is 6.01. The number of urea groups is 2. The maximum absolute atomic E-state index is 14.2. The van der Waals surface area contributed by atoms with Gasteiger partial charge in [-0.3, -0.25) is 0 Å². The highest BCUT2D eigenvalue weighted by atomic mass is 19.2. The normalized spacial score (nSPS) is 25.5. The van der Waals surface area contributed by atoms with Gasteiger partial charge in [0.15, 0.2) is 11.6 Å². The molecule has 2 heterocycles. The molecule has 1 aliphatic carbocycles. The first-order valence-corrected chi connectivity index (χ1v) is 13.6. The number of hydrogen-bond donors (Lipinski definition) is 4. The van der Waals surface area contributed by atoms with Crippen LogP contribution in [0.1, 0.15) is 30.9 Å². The lowest BCUT2D eigenvalue weighted by Crippen LogP contribution is -2.56. The topological polar surface area (TPSA) is 145 Å². The number of piperidine rings is 1. The zero-order chi connectivity index (χ0) is 30.3. The Kier molecular flexibility index (Phi) is 10.1. The predicted molar refractivity (Wildman–Crippen MR) is 148 cm³/mol. The number of esters is 1. The third-order valence-electron chi connectivity index (χ3n) is 7.67. The number of carbonyl (C=O) groups excluding carboxylic acids is 3. The van der Waals surface area contributed by atoms with Gasteiger partial charge in [-0.2, -0.15) is 5.26 Å². The summed E-state index contributed by atoms with van der Waals surface area (Å²) >= 11 is 0. The molecule has 0 aromatic heterocycles. The summed E-state index contributed by atoms with van der Waals surface area (Å²) in [5.41, 5.74) is -0.748. The maximum Gasteiger partial charge on any atom is 0.338 e. The summed E-state index contributed by atoms with van der Waals surface area (Å²) in [7, 11) is 2.47. The number of carbonyl (C=O) groups is 3. The van der Waals surface area contributed by atoms with Crippen molar-refractivity contribution in [1.82, 2.24) is 26.2 Å². The highest BCUT2D eigenvalue weighted by Crippen LogP contribution is 2.36. The number of nitrogens with zero attached hydrogens (tertiary/aromatic N) is 2. The number of imide groups is 1. The first kappa shape index (κ1) is 30.8. The van der Waals surface area contributed by atoms with Crippen molar-refractivity contribution in [2.24, 2.45) is 5.41 Å². The average molecular weight is 585 g/mol. The van der Waals surface area contributed by atoms with E-state index in [2.05, 4.69) is 27.3 Å². The van der Waals surface area contributed by atoms with Gasteiger partial charge in [0.1, 0.15) is 6.04 Å². The Morgan fingerprint density at radius 2 is 2.02 bits per heavy atom. The van der Waals surface area contributed by atoms with Crippen LogP contribution in [0.3, 0.4) is 0 Å². The fraction of sp³-hybridized carbons (Fsp3) is 0.448. The van der Waals surface area contributed by atoms with E-state index < -0.39 is 41.1 Å². The number of hydrogen-bond acceptors (Lipinski definition) is 8. The largest absolute Gasteiger partial charge is 0.466 e. The van der Waals surface area contributed by atoms with Gasteiger partial charge in [-0.25, -0.2) is 28.1 Å². The number of benzene rings is 1. The minimum atomic E-state index is -1.41. The molecule has 1 aromatic rings. The number of halogens is 2. The molecule has 224 valence electrons. The van der Waals surface area contributed by atoms with Crippen LogP contribution in [0.2, 0.25) is 0 Å². The molecule has 0 saturated carbocycles. The molecule has 4 rings (SSSR count). The Bertz CT molecular complexity index is 1340. The number of rotatable bonds is 9. The van der Waals surface area contributed by atoms with Crippen LogP contribution in [0.5, 0.6) is 0 Å². The fourth-order valence-electron chi connectivity index (χ4n) is 5.56. The summed E-state index contributed by atoms with van der Waals surface area (Å²) < 4.78 is 38.0. The van der Waals surface area contributed by atoms with Gasteiger partial charge in [0, 0.05) is 32.3 Å². The predicted octanol–water partition coefficient (Wildman–Crippen LogP) is 2.55. The van der Waals surface area contributed by atoms with Gasteiger partial charge in [0.2, 0.25) is 0 Å². The first-order valence-electron chi connectivity index (χ1n) is 13.6. The molecule has 42 heavy (non-hydrogen) atoms. The van der Waals surface area contributed by atoms with Gasteiger partial charge in [0.05, 0.1) is 36.5 Å². The second-order valence-electron chi connectivity index (χ2n) is 10.3. The van der Waals surface area contributed by atoms with Crippen LogP contribution in [-0.4, -0.2) is 75.5 Å². The molecule has 4 unspecified atom stereocenters. The summed E-state index contributed by atoms with van der Waals surface area (Å²) in [5.74, 6) is -3.22. The van der Waals surface area contributed by atoms with E-state index in [9.17, 15) is 28.4 Å². The van der Waals surface area contributed by atoms with E-state index in [0.717, 1.165) is 37.1 Å². The van der Waals surface area contributed by atoms with Crippen LogP contribution in [0.25, 0.3) is 0 Å². The quantitative estimate of drug-likeness (QED) is 0.256. The maximum atomic E-state index is 14.2. The monoisotopic (exact) mass is 584 g/mol. The Hall–Kier alpha value is -4.12. The minimum absolute atomic E-state index is 0.00944. The van der Waals surface area contributed by atoms with Crippen LogP contribution in [0.15, 0.2) is 53.8 Å². The summed E-state index contributed by atoms with van der Waals surface area (Å²) in [6.07, 6.45) is 9.92. The lowest BCUT2D eigenvalue weighted by molar-refractivity contribution is -0.137. The van der Waals surface area contributed by atoms with Crippen molar-refractivity contribution in [1.29, 1.82) is 5.26 Å². The zero-order valence-electron chi connectivity index (χ0n) is 23.4. The molecule has 11 nitrogen and oxygen atoms in total. The van der Waals surface area contributed by atoms with Crippen molar-refractivity contribution in [2.45, 2.75) is 37.4 Å². The number of amides is 4. The summed E-state index contributed by atoms with van der Waals surface area (Å²) in [4.78, 5) is 40.0. The van der Waals surface area contributed by atoms with Gasteiger partial charge < -0.3 is 30.7 Å². The Labute approximate surface area is 242 Å². The lowest BCUT2D eigenvalue weighted by Gasteiger charge is -2.40. The van der Waals surface area contributed by atoms with E-state index in [4.69, 9.17) is 9.47 Å². The number of nitriles is 1. The molecule has 1 fully saturated rings. The van der Waals surface area contributed by atoms with Crippen molar-refractivity contribution < 1.29 is 32.6 Å². The minimum Gasteiger partial charge on any atom is -0.466 e. The third kappa shape index (κ3) is 6.51. The standard InChI is InChI=1S/C29H34F2N6O5/c1-41-16-22-24(26(38)42-2)25(18-6-7-20(30)21(31)14-18)37(28(40)36-22)27(39)35-13-12-33-19-8-11-34-23(15-19)29(17-32)9-4-3-5-10-29/h3-7,9,14,19,23,25,33-34H,8,10-13,15-16H2,1-2H3,(H,35,39)(H,36,40). The van der Waals surface area contributed by atoms with E-state index >= 15 is 0 Å². The van der Waals surface area contributed by atoms with Crippen molar-refractivity contribution in [3.63, 3.8) is 0 Å². The van der Waals surface area contributed by atoms with E-state index in [1.807, 2.05) is 24.3 Å². The molecule has 4 atom stereocenters. The summed E-state index contributed by atoms with van der Waals surface area (Å²) in [5, 5.41) is 21.9. The lowest BCUT2D eigenvalue weighted by atomic mass is 9.72. The summed E-state index contributed by atoms with van der Waals surface area (Å²) in [6, 6.07) is 2.24. The smallest absolute Gasteiger partial charge is 0.338 e. The van der Waals surface area contributed by atoms with Gasteiger partial charge in [0.25, 0.3) is 0 Å². The third-order valence-corrected chi connectivity index (χ3v) is 7.67. The van der Waals surface area contributed by atoms with Crippen LogP contribution in [0, 0.1) is 28.4 Å². The van der Waals surface area contributed by atoms with Crippen LogP contribution >= 0.6 is 0 Å². The molecule has 0 bridgehead atoms. The van der Waals surface area contributed by atoms with Crippen LogP contribution in [-0.2, 0) is 14.3 Å². The second kappa shape index (κ2) is 13.7. The van der Waals surface area contributed by atoms with Crippen LogP contribution in [0.4, 0.5) is 18.4 Å². The number of nitrogens with one attached hydrogen (secondary N) is 4. The highest BCUT2D eigenvalue weighted by Gasteiger charge is 2.43. The van der Waals surface area contributed by atoms with Gasteiger partial charge in [-0.1, -0.05) is 30.4 Å². The van der Waals surface area contributed by atoms with Crippen molar-refractivity contribution in [3.8, 4) is 6.07 Å². The molecule has 1 aromatic carbocycles. The van der Waals surface area contributed by atoms with Crippen molar-refractivity contribution in [2.75, 3.05) is 40.5 Å². The fourth-order valence-corrected chi connectivity index (χ4v) is 5.56. The molecule has 3 aliphatic rings. The average Bonchev–Trinajstić information content (AvgIpc) is 3.00. The van der Waals surface area contributed by atoms with E-state index in [-0.39, 0.29) is 42.1 Å². The number of ether oxygens (including phenoxy) is 2. The molecule has 13 heteroatoms. The zero-order valence-corrected chi connectivity index (χ0v) is 23.4. The molecule has 2 aliphatic heterocycles. The van der Waals surface area contributed by atoms with E-state index in [1.165, 1.54) is 13.2 Å². The van der Waals surface area contributed by atoms with E-state index in [1.54, 1.807) is 0 Å². The molecular formula is C29H34F2N6O5. The number of allylic oxidation sites excluding steroid dienone is 3. The molecule has 0 radical (unpaired) electrons. The van der Waals surface area contributed by atoms with Gasteiger partial charge in [-0.15, -0.1) is 0 Å². The summed E-state index contributed by atoms with van der Waals surface area (Å²) in [6.45, 7) is 1.01. The van der Waals surface area contributed by atoms with Crippen LogP contribution < -0.4 is 21.3 Å². The first-order chi connectivity index (χ1) is 20.2. The van der Waals surface area contributed by atoms with Gasteiger partial charge in [-0.05, 0) is 43.5 Å². The molecule has 4 N–H and O–H groups in total. The van der Waals surface area contributed by atoms with Gasteiger partial charge >= 0.3 is 18.0 Å².